The molecule has 0 aliphatic carbocycles. The van der Waals surface area contributed by atoms with E-state index < -0.39 is 11.7 Å². The summed E-state index contributed by atoms with van der Waals surface area (Å²) in [4.78, 5) is 29.4. The third-order valence-corrected chi connectivity index (χ3v) is 6.12. The molecule has 0 atom stereocenters. The summed E-state index contributed by atoms with van der Waals surface area (Å²) in [6, 6.07) is 10.9. The van der Waals surface area contributed by atoms with E-state index in [4.69, 9.17) is 4.74 Å². The lowest BCUT2D eigenvalue weighted by atomic mass is 9.78. The molecular formula is C26H23F3N6O2. The van der Waals surface area contributed by atoms with E-state index in [9.17, 15) is 18.0 Å². The van der Waals surface area contributed by atoms with Gasteiger partial charge in [0.15, 0.2) is 11.5 Å². The number of hydrogen-bond donors (Lipinski definition) is 2. The monoisotopic (exact) mass is 508 g/mol. The van der Waals surface area contributed by atoms with Gasteiger partial charge in [-0.05, 0) is 42.0 Å². The van der Waals surface area contributed by atoms with Crippen molar-refractivity contribution >= 4 is 34.1 Å². The van der Waals surface area contributed by atoms with Crippen molar-refractivity contribution in [2.75, 3.05) is 17.7 Å². The minimum atomic E-state index is -4.59. The Balaban J connectivity index is 1.58. The normalized spacial score (nSPS) is 14.8. The maximum absolute atomic E-state index is 13.6. The van der Waals surface area contributed by atoms with Gasteiger partial charge in [-0.15, -0.1) is 0 Å². The molecule has 4 heterocycles. The van der Waals surface area contributed by atoms with E-state index in [1.54, 1.807) is 6.07 Å². The summed E-state index contributed by atoms with van der Waals surface area (Å²) in [6.45, 7) is 4.10. The van der Waals surface area contributed by atoms with Gasteiger partial charge in [-0.2, -0.15) is 13.2 Å². The number of halogens is 3. The first-order valence-corrected chi connectivity index (χ1v) is 11.5. The number of pyridine rings is 2. The second kappa shape index (κ2) is 9.07. The summed E-state index contributed by atoms with van der Waals surface area (Å²) < 4.78 is 45.9. The van der Waals surface area contributed by atoms with Crippen LogP contribution in [-0.4, -0.2) is 33.0 Å². The van der Waals surface area contributed by atoms with Gasteiger partial charge in [0, 0.05) is 36.5 Å². The molecule has 2 N–H and O–H groups in total. The Hall–Kier alpha value is -4.12. The number of amides is 1. The molecule has 37 heavy (non-hydrogen) atoms. The molecule has 1 amide bonds. The molecule has 190 valence electrons. The van der Waals surface area contributed by atoms with Crippen molar-refractivity contribution in [3.05, 3.63) is 65.6 Å². The molecule has 0 unspecified atom stereocenters. The number of hydrogen-bond acceptors (Lipinski definition) is 7. The number of carbonyl (C=O) groups is 1. The highest BCUT2D eigenvalue weighted by Gasteiger charge is 2.35. The molecule has 5 rings (SSSR count). The van der Waals surface area contributed by atoms with Crippen LogP contribution in [0.25, 0.3) is 22.4 Å². The van der Waals surface area contributed by atoms with Gasteiger partial charge in [-0.25, -0.2) is 15.0 Å². The lowest BCUT2D eigenvalue weighted by molar-refractivity contribution is -0.137. The van der Waals surface area contributed by atoms with Crippen molar-refractivity contribution in [1.29, 1.82) is 0 Å². The van der Waals surface area contributed by atoms with Crippen LogP contribution in [-0.2, 0) is 27.7 Å². The van der Waals surface area contributed by atoms with Crippen molar-refractivity contribution in [3.8, 4) is 11.4 Å². The Morgan fingerprint density at radius 1 is 1.11 bits per heavy atom. The van der Waals surface area contributed by atoms with E-state index in [0.29, 0.717) is 34.8 Å². The summed E-state index contributed by atoms with van der Waals surface area (Å²) in [5.74, 6) is 0.634. The molecule has 3 aromatic heterocycles. The number of fused-ring (bicyclic) bond motifs is 2. The maximum atomic E-state index is 13.6. The van der Waals surface area contributed by atoms with Crippen molar-refractivity contribution in [3.63, 3.8) is 0 Å². The lowest BCUT2D eigenvalue weighted by Crippen LogP contribution is -2.32. The topological polar surface area (TPSA) is 102 Å². The molecule has 1 aliphatic heterocycles. The standard InChI is InChI=1S/C26H23F3N6O2/c1-25(2)12-21(36)32-19-11-14(6-8-16(19)25)31-23-15-7-9-18(33-24(15)35-20(34-23)13-37-3)22-17(26(27,28)29)5-4-10-30-22/h4-11H,12-13H2,1-3H3,(H,32,36)(H,31,33,34,35). The lowest BCUT2D eigenvalue weighted by Gasteiger charge is -2.32. The second-order valence-corrected chi connectivity index (χ2v) is 9.38. The van der Waals surface area contributed by atoms with E-state index in [2.05, 4.69) is 30.6 Å². The second-order valence-electron chi connectivity index (χ2n) is 9.38. The van der Waals surface area contributed by atoms with E-state index in [-0.39, 0.29) is 35.0 Å². The molecule has 8 nitrogen and oxygen atoms in total. The Morgan fingerprint density at radius 2 is 1.92 bits per heavy atom. The number of anilines is 3. The molecule has 0 fully saturated rings. The van der Waals surface area contributed by atoms with Crippen molar-refractivity contribution in [1.82, 2.24) is 19.9 Å². The number of alkyl halides is 3. The molecular weight excluding hydrogens is 485 g/mol. The van der Waals surface area contributed by atoms with Crippen molar-refractivity contribution < 1.29 is 22.7 Å². The molecule has 11 heteroatoms. The van der Waals surface area contributed by atoms with E-state index in [1.165, 1.54) is 25.4 Å². The number of benzene rings is 1. The number of carbonyl (C=O) groups excluding carboxylic acids is 1. The summed E-state index contributed by atoms with van der Waals surface area (Å²) in [5, 5.41) is 6.65. The number of methoxy groups -OCH3 is 1. The number of nitrogens with zero attached hydrogens (tertiary/aromatic N) is 4. The van der Waals surface area contributed by atoms with Crippen LogP contribution in [0, 0.1) is 0 Å². The average Bonchev–Trinajstić information content (AvgIpc) is 2.82. The van der Waals surface area contributed by atoms with Crippen LogP contribution < -0.4 is 10.6 Å². The molecule has 0 saturated heterocycles. The quantitative estimate of drug-likeness (QED) is 0.361. The fraction of sp³-hybridized carbons (Fsp3) is 0.269. The van der Waals surface area contributed by atoms with Crippen molar-refractivity contribution in [2.45, 2.75) is 38.5 Å². The minimum absolute atomic E-state index is 0.0344. The highest BCUT2D eigenvalue weighted by molar-refractivity contribution is 5.96. The van der Waals surface area contributed by atoms with Crippen LogP contribution in [0.4, 0.5) is 30.4 Å². The fourth-order valence-electron chi connectivity index (χ4n) is 4.46. The number of aromatic nitrogens is 4. The first kappa shape index (κ1) is 24.6. The molecule has 0 radical (unpaired) electrons. The zero-order chi connectivity index (χ0) is 26.4. The predicted molar refractivity (Wildman–Crippen MR) is 132 cm³/mol. The van der Waals surface area contributed by atoms with Gasteiger partial charge >= 0.3 is 6.18 Å². The van der Waals surface area contributed by atoms with Gasteiger partial charge in [-0.1, -0.05) is 19.9 Å². The van der Waals surface area contributed by atoms with Crippen molar-refractivity contribution in [2.24, 2.45) is 0 Å². The van der Waals surface area contributed by atoms with Gasteiger partial charge < -0.3 is 15.4 Å². The largest absolute Gasteiger partial charge is 0.418 e. The summed E-state index contributed by atoms with van der Waals surface area (Å²) in [6.07, 6.45) is -2.91. The van der Waals surface area contributed by atoms with Gasteiger partial charge in [0.1, 0.15) is 18.1 Å². The van der Waals surface area contributed by atoms with E-state index in [1.807, 2.05) is 32.0 Å². The minimum Gasteiger partial charge on any atom is -0.377 e. The maximum Gasteiger partial charge on any atom is 0.418 e. The first-order chi connectivity index (χ1) is 17.5. The predicted octanol–water partition coefficient (Wildman–Crippen LogP) is 5.62. The van der Waals surface area contributed by atoms with Gasteiger partial charge in [-0.3, -0.25) is 9.78 Å². The SMILES string of the molecule is COCc1nc(Nc2ccc3c(c2)NC(=O)CC3(C)C)c2ccc(-c3ncccc3C(F)(F)F)nc2n1. The van der Waals surface area contributed by atoms with Crippen LogP contribution in [0.2, 0.25) is 0 Å². The van der Waals surface area contributed by atoms with Crippen LogP contribution in [0.1, 0.15) is 37.2 Å². The van der Waals surface area contributed by atoms with Crippen LogP contribution in [0.5, 0.6) is 0 Å². The van der Waals surface area contributed by atoms with Crippen LogP contribution in [0.3, 0.4) is 0 Å². The first-order valence-electron chi connectivity index (χ1n) is 11.5. The summed E-state index contributed by atoms with van der Waals surface area (Å²) >= 11 is 0. The zero-order valence-corrected chi connectivity index (χ0v) is 20.3. The van der Waals surface area contributed by atoms with Gasteiger partial charge in [0.2, 0.25) is 5.91 Å². The Kier molecular flexibility index (Phi) is 6.03. The Bertz CT molecular complexity index is 1520. The Labute approximate surface area is 210 Å². The molecule has 4 aromatic rings. The number of ether oxygens (including phenoxy) is 1. The summed E-state index contributed by atoms with van der Waals surface area (Å²) in [7, 11) is 1.49. The molecule has 0 bridgehead atoms. The number of nitrogens with one attached hydrogen (secondary N) is 2. The average molecular weight is 509 g/mol. The third-order valence-electron chi connectivity index (χ3n) is 6.12. The summed E-state index contributed by atoms with van der Waals surface area (Å²) in [5.41, 5.74) is 1.14. The third kappa shape index (κ3) is 4.82. The van der Waals surface area contributed by atoms with Gasteiger partial charge in [0.25, 0.3) is 0 Å². The molecule has 0 saturated carbocycles. The van der Waals surface area contributed by atoms with Gasteiger partial charge in [0.05, 0.1) is 16.6 Å². The fourth-order valence-corrected chi connectivity index (χ4v) is 4.46. The smallest absolute Gasteiger partial charge is 0.377 e. The molecule has 1 aromatic carbocycles. The van der Waals surface area contributed by atoms with E-state index >= 15 is 0 Å². The van der Waals surface area contributed by atoms with Crippen LogP contribution in [0.15, 0.2) is 48.7 Å². The van der Waals surface area contributed by atoms with E-state index in [0.717, 1.165) is 11.6 Å². The number of rotatable bonds is 5. The molecule has 0 spiro atoms. The van der Waals surface area contributed by atoms with Crippen LogP contribution >= 0.6 is 0 Å². The molecule has 1 aliphatic rings. The highest BCUT2D eigenvalue weighted by atomic mass is 19.4. The zero-order valence-electron chi connectivity index (χ0n) is 20.3. The Morgan fingerprint density at radius 3 is 2.68 bits per heavy atom. The highest BCUT2D eigenvalue weighted by Crippen LogP contribution is 2.39.